The van der Waals surface area contributed by atoms with Crippen LogP contribution in [0.15, 0.2) is 65.1 Å². The molecule has 0 aliphatic carbocycles. The maximum atomic E-state index is 13.5. The van der Waals surface area contributed by atoms with Gasteiger partial charge in [-0.2, -0.15) is 0 Å². The first-order valence-corrected chi connectivity index (χ1v) is 11.7. The second-order valence-corrected chi connectivity index (χ2v) is 8.90. The highest BCUT2D eigenvalue weighted by Gasteiger charge is 2.15. The highest BCUT2D eigenvalue weighted by Crippen LogP contribution is 2.25. The van der Waals surface area contributed by atoms with Crippen LogP contribution in [0.25, 0.3) is 27.8 Å². The molecule has 3 aromatic heterocycles. The van der Waals surface area contributed by atoms with E-state index in [4.69, 9.17) is 10.7 Å². The standard InChI is InChI=1S/C24H23N7OS/c1-15-7-5-10-19(16(15)2)31-23(32)17-8-3-4-9-18(17)29-24(31)33-12-6-11-30-14-28-20-21(25)26-13-27-22(20)30/h3-5,7-10,13-14H,6,11-12H2,1-2H3,(H2,25,26,27). The lowest BCUT2D eigenvalue weighted by Gasteiger charge is -2.16. The fraction of sp³-hybridized carbons (Fsp3) is 0.208. The van der Waals surface area contributed by atoms with E-state index in [2.05, 4.69) is 27.9 Å². The number of anilines is 1. The third-order valence-corrected chi connectivity index (χ3v) is 6.79. The summed E-state index contributed by atoms with van der Waals surface area (Å²) in [6.07, 6.45) is 4.03. The molecule has 9 heteroatoms. The summed E-state index contributed by atoms with van der Waals surface area (Å²) >= 11 is 1.58. The molecule has 0 amide bonds. The highest BCUT2D eigenvalue weighted by molar-refractivity contribution is 7.99. The van der Waals surface area contributed by atoms with Crippen LogP contribution in [0, 0.1) is 13.8 Å². The number of hydrogen-bond acceptors (Lipinski definition) is 7. The number of hydrogen-bond donors (Lipinski definition) is 1. The molecular weight excluding hydrogens is 434 g/mol. The van der Waals surface area contributed by atoms with Crippen LogP contribution in [-0.4, -0.2) is 34.8 Å². The number of benzene rings is 2. The fourth-order valence-electron chi connectivity index (χ4n) is 3.86. The molecule has 2 aromatic carbocycles. The molecule has 2 N–H and O–H groups in total. The van der Waals surface area contributed by atoms with Crippen molar-refractivity contribution in [3.63, 3.8) is 0 Å². The van der Waals surface area contributed by atoms with Gasteiger partial charge in [0.05, 0.1) is 22.9 Å². The molecule has 0 fully saturated rings. The second-order valence-electron chi connectivity index (χ2n) is 7.84. The van der Waals surface area contributed by atoms with E-state index in [-0.39, 0.29) is 5.56 Å². The summed E-state index contributed by atoms with van der Waals surface area (Å²) in [5.74, 6) is 1.15. The number of thioether (sulfide) groups is 1. The zero-order chi connectivity index (χ0) is 22.9. The Kier molecular flexibility index (Phi) is 5.55. The van der Waals surface area contributed by atoms with Crippen molar-refractivity contribution in [2.45, 2.75) is 32.0 Å². The van der Waals surface area contributed by atoms with E-state index in [0.717, 1.165) is 41.2 Å². The average Bonchev–Trinajstić information content (AvgIpc) is 3.24. The molecule has 5 rings (SSSR count). The molecule has 166 valence electrons. The average molecular weight is 458 g/mol. The first kappa shape index (κ1) is 21.1. The number of rotatable bonds is 6. The zero-order valence-electron chi connectivity index (χ0n) is 18.4. The Morgan fingerprint density at radius 1 is 1.03 bits per heavy atom. The van der Waals surface area contributed by atoms with Gasteiger partial charge in [-0.1, -0.05) is 36.0 Å². The number of para-hydroxylation sites is 1. The lowest BCUT2D eigenvalue weighted by Crippen LogP contribution is -2.22. The van der Waals surface area contributed by atoms with Crippen LogP contribution < -0.4 is 11.3 Å². The predicted molar refractivity (Wildman–Crippen MR) is 132 cm³/mol. The zero-order valence-corrected chi connectivity index (χ0v) is 19.2. The Morgan fingerprint density at radius 3 is 2.76 bits per heavy atom. The maximum Gasteiger partial charge on any atom is 0.266 e. The fourth-order valence-corrected chi connectivity index (χ4v) is 4.79. The number of nitrogens with zero attached hydrogens (tertiary/aromatic N) is 6. The van der Waals surface area contributed by atoms with Crippen LogP contribution in [-0.2, 0) is 6.54 Å². The SMILES string of the molecule is Cc1cccc(-n2c(SCCCn3cnc4c(N)ncnc43)nc3ccccc3c2=O)c1C. The molecule has 0 radical (unpaired) electrons. The van der Waals surface area contributed by atoms with Gasteiger partial charge in [0.1, 0.15) is 11.8 Å². The number of fused-ring (bicyclic) bond motifs is 2. The molecule has 0 saturated heterocycles. The van der Waals surface area contributed by atoms with Crippen LogP contribution in [0.2, 0.25) is 0 Å². The minimum Gasteiger partial charge on any atom is -0.382 e. The van der Waals surface area contributed by atoms with Gasteiger partial charge in [0, 0.05) is 12.3 Å². The predicted octanol–water partition coefficient (Wildman–Crippen LogP) is 3.91. The number of nitrogens with two attached hydrogens (primary N) is 1. The molecule has 5 aromatic rings. The van der Waals surface area contributed by atoms with Gasteiger partial charge in [-0.15, -0.1) is 0 Å². The Labute approximate surface area is 194 Å². The van der Waals surface area contributed by atoms with Crippen LogP contribution in [0.4, 0.5) is 5.82 Å². The first-order valence-electron chi connectivity index (χ1n) is 10.7. The van der Waals surface area contributed by atoms with E-state index in [1.54, 1.807) is 22.7 Å². The van der Waals surface area contributed by atoms with Gasteiger partial charge in [-0.3, -0.25) is 9.36 Å². The van der Waals surface area contributed by atoms with Gasteiger partial charge >= 0.3 is 0 Å². The molecular formula is C24H23N7OS. The third kappa shape index (κ3) is 3.84. The summed E-state index contributed by atoms with van der Waals surface area (Å²) in [7, 11) is 0. The van der Waals surface area contributed by atoms with Crippen LogP contribution in [0.3, 0.4) is 0 Å². The minimum absolute atomic E-state index is 0.0513. The molecule has 33 heavy (non-hydrogen) atoms. The number of imidazole rings is 1. The molecule has 0 bridgehead atoms. The molecule has 8 nitrogen and oxygen atoms in total. The number of aryl methyl sites for hydroxylation is 2. The van der Waals surface area contributed by atoms with Gasteiger partial charge in [-0.05, 0) is 49.6 Å². The van der Waals surface area contributed by atoms with E-state index in [1.807, 2.05) is 47.9 Å². The van der Waals surface area contributed by atoms with Crippen molar-refractivity contribution in [3.8, 4) is 5.69 Å². The van der Waals surface area contributed by atoms with Gasteiger partial charge in [0.25, 0.3) is 5.56 Å². The summed E-state index contributed by atoms with van der Waals surface area (Å²) < 4.78 is 3.72. The van der Waals surface area contributed by atoms with Gasteiger partial charge in [0.15, 0.2) is 16.6 Å². The quantitative estimate of drug-likeness (QED) is 0.234. The van der Waals surface area contributed by atoms with Crippen molar-refractivity contribution in [2.24, 2.45) is 0 Å². The van der Waals surface area contributed by atoms with Crippen LogP contribution in [0.1, 0.15) is 17.5 Å². The molecule has 0 saturated carbocycles. The Bertz CT molecular complexity index is 1540. The lowest BCUT2D eigenvalue weighted by atomic mass is 10.1. The van der Waals surface area contributed by atoms with Crippen molar-refractivity contribution in [3.05, 3.63) is 76.6 Å². The normalized spacial score (nSPS) is 11.5. The number of aromatic nitrogens is 6. The molecule has 0 aliphatic rings. The van der Waals surface area contributed by atoms with Crippen molar-refractivity contribution in [1.29, 1.82) is 0 Å². The molecule has 0 spiro atoms. The van der Waals surface area contributed by atoms with E-state index < -0.39 is 0 Å². The second kappa shape index (κ2) is 8.67. The van der Waals surface area contributed by atoms with E-state index in [1.165, 1.54) is 6.33 Å². The molecule has 0 atom stereocenters. The topological polar surface area (TPSA) is 105 Å². The highest BCUT2D eigenvalue weighted by atomic mass is 32.2. The summed E-state index contributed by atoms with van der Waals surface area (Å²) in [5, 5.41) is 1.30. The minimum atomic E-state index is -0.0513. The Hall–Kier alpha value is -3.72. The lowest BCUT2D eigenvalue weighted by molar-refractivity contribution is 0.694. The van der Waals surface area contributed by atoms with E-state index in [0.29, 0.717) is 27.4 Å². The van der Waals surface area contributed by atoms with Crippen molar-refractivity contribution < 1.29 is 0 Å². The summed E-state index contributed by atoms with van der Waals surface area (Å²) in [6.45, 7) is 4.82. The summed E-state index contributed by atoms with van der Waals surface area (Å²) in [4.78, 5) is 30.9. The smallest absolute Gasteiger partial charge is 0.266 e. The molecule has 0 aliphatic heterocycles. The van der Waals surface area contributed by atoms with Crippen LogP contribution in [0.5, 0.6) is 0 Å². The van der Waals surface area contributed by atoms with Crippen molar-refractivity contribution >= 4 is 39.6 Å². The van der Waals surface area contributed by atoms with Gasteiger partial charge in [-0.25, -0.2) is 19.9 Å². The molecule has 0 unspecified atom stereocenters. The third-order valence-electron chi connectivity index (χ3n) is 5.77. The summed E-state index contributed by atoms with van der Waals surface area (Å²) in [5.41, 5.74) is 11.0. The van der Waals surface area contributed by atoms with Gasteiger partial charge in [0.2, 0.25) is 0 Å². The van der Waals surface area contributed by atoms with E-state index >= 15 is 0 Å². The maximum absolute atomic E-state index is 13.5. The van der Waals surface area contributed by atoms with Gasteiger partial charge < -0.3 is 10.3 Å². The summed E-state index contributed by atoms with van der Waals surface area (Å²) in [6, 6.07) is 13.5. The monoisotopic (exact) mass is 457 g/mol. The van der Waals surface area contributed by atoms with Crippen LogP contribution >= 0.6 is 11.8 Å². The number of nitrogen functional groups attached to an aromatic ring is 1. The first-order chi connectivity index (χ1) is 16.0. The Morgan fingerprint density at radius 2 is 1.88 bits per heavy atom. The van der Waals surface area contributed by atoms with Crippen molar-refractivity contribution in [1.82, 2.24) is 29.1 Å². The van der Waals surface area contributed by atoms with Crippen molar-refractivity contribution in [2.75, 3.05) is 11.5 Å². The Balaban J connectivity index is 1.45. The largest absolute Gasteiger partial charge is 0.382 e. The molecule has 3 heterocycles. The van der Waals surface area contributed by atoms with E-state index in [9.17, 15) is 4.79 Å².